The van der Waals surface area contributed by atoms with Gasteiger partial charge in [0.05, 0.1) is 33.6 Å². The Labute approximate surface area is 137 Å². The second-order valence-corrected chi connectivity index (χ2v) is 5.05. The van der Waals surface area contributed by atoms with Gasteiger partial charge in [-0.15, -0.1) is 0 Å². The third-order valence-electron chi connectivity index (χ3n) is 3.38. The number of hydrogen-bond donors (Lipinski definition) is 1. The van der Waals surface area contributed by atoms with Crippen LogP contribution in [0, 0.1) is 0 Å². The minimum absolute atomic E-state index is 0.0145. The molecule has 0 bridgehead atoms. The minimum Gasteiger partial charge on any atom is -0.497 e. The van der Waals surface area contributed by atoms with Gasteiger partial charge in [-0.3, -0.25) is 0 Å². The zero-order valence-electron chi connectivity index (χ0n) is 14.0. The van der Waals surface area contributed by atoms with Gasteiger partial charge in [0, 0.05) is 6.07 Å². The number of anilines is 1. The maximum absolute atomic E-state index is 5.88. The molecule has 1 unspecified atom stereocenters. The number of hydrogen-bond acceptors (Lipinski definition) is 5. The van der Waals surface area contributed by atoms with Crippen LogP contribution >= 0.6 is 0 Å². The highest BCUT2D eigenvalue weighted by Crippen LogP contribution is 2.29. The largest absolute Gasteiger partial charge is 0.497 e. The molecule has 0 fully saturated rings. The van der Waals surface area contributed by atoms with Gasteiger partial charge in [0.2, 0.25) is 0 Å². The zero-order chi connectivity index (χ0) is 16.7. The second-order valence-electron chi connectivity index (χ2n) is 5.05. The van der Waals surface area contributed by atoms with E-state index in [0.717, 1.165) is 28.7 Å². The van der Waals surface area contributed by atoms with Gasteiger partial charge in [0.1, 0.15) is 29.1 Å². The summed E-state index contributed by atoms with van der Waals surface area (Å²) < 4.78 is 21.6. The fourth-order valence-corrected chi connectivity index (χ4v) is 2.13. The minimum atomic E-state index is -0.0145. The van der Waals surface area contributed by atoms with Crippen molar-refractivity contribution in [1.29, 1.82) is 0 Å². The number of benzene rings is 2. The number of ether oxygens (including phenoxy) is 4. The van der Waals surface area contributed by atoms with Gasteiger partial charge in [0.15, 0.2) is 0 Å². The van der Waals surface area contributed by atoms with E-state index in [1.807, 2.05) is 49.4 Å². The molecule has 1 atom stereocenters. The van der Waals surface area contributed by atoms with E-state index in [4.69, 9.17) is 18.9 Å². The van der Waals surface area contributed by atoms with Crippen molar-refractivity contribution < 1.29 is 18.9 Å². The normalized spacial score (nSPS) is 11.5. The second kappa shape index (κ2) is 8.17. The molecule has 0 aliphatic rings. The first-order valence-electron chi connectivity index (χ1n) is 7.43. The average molecular weight is 317 g/mol. The van der Waals surface area contributed by atoms with Crippen LogP contribution in [0.1, 0.15) is 6.92 Å². The van der Waals surface area contributed by atoms with Crippen LogP contribution in [-0.2, 0) is 0 Å². The summed E-state index contributed by atoms with van der Waals surface area (Å²) in [5.41, 5.74) is 0.872. The predicted molar refractivity (Wildman–Crippen MR) is 91.1 cm³/mol. The van der Waals surface area contributed by atoms with Crippen LogP contribution < -0.4 is 24.3 Å². The molecular weight excluding hydrogens is 294 g/mol. The van der Waals surface area contributed by atoms with Crippen molar-refractivity contribution in [3.05, 3.63) is 42.5 Å². The number of methoxy groups -OCH3 is 3. The molecule has 0 aliphatic heterocycles. The van der Waals surface area contributed by atoms with Gasteiger partial charge in [-0.05, 0) is 43.3 Å². The summed E-state index contributed by atoms with van der Waals surface area (Å²) in [5, 5.41) is 3.33. The molecule has 2 rings (SSSR count). The van der Waals surface area contributed by atoms with E-state index in [0.29, 0.717) is 6.54 Å². The van der Waals surface area contributed by atoms with E-state index in [1.54, 1.807) is 21.3 Å². The smallest absolute Gasteiger partial charge is 0.142 e. The molecule has 0 saturated carbocycles. The molecule has 2 aromatic carbocycles. The average Bonchev–Trinajstić information content (AvgIpc) is 2.60. The first-order chi connectivity index (χ1) is 11.2. The van der Waals surface area contributed by atoms with E-state index >= 15 is 0 Å². The van der Waals surface area contributed by atoms with Gasteiger partial charge in [-0.1, -0.05) is 0 Å². The van der Waals surface area contributed by atoms with Gasteiger partial charge >= 0.3 is 0 Å². The first-order valence-corrected chi connectivity index (χ1v) is 7.43. The van der Waals surface area contributed by atoms with E-state index in [2.05, 4.69) is 5.32 Å². The third-order valence-corrected chi connectivity index (χ3v) is 3.38. The molecule has 5 nitrogen and oxygen atoms in total. The lowest BCUT2D eigenvalue weighted by atomic mass is 10.2. The summed E-state index contributed by atoms with van der Waals surface area (Å²) in [6.45, 7) is 2.64. The van der Waals surface area contributed by atoms with Crippen molar-refractivity contribution in [3.8, 4) is 23.0 Å². The molecule has 0 heterocycles. The maximum Gasteiger partial charge on any atom is 0.142 e. The Hall–Kier alpha value is -2.56. The van der Waals surface area contributed by atoms with E-state index < -0.39 is 0 Å². The Morgan fingerprint density at radius 2 is 1.43 bits per heavy atom. The van der Waals surface area contributed by atoms with Crippen molar-refractivity contribution in [3.63, 3.8) is 0 Å². The molecule has 0 aliphatic carbocycles. The molecule has 0 saturated heterocycles. The molecule has 0 radical (unpaired) electrons. The Morgan fingerprint density at radius 1 is 0.826 bits per heavy atom. The molecule has 0 aromatic heterocycles. The van der Waals surface area contributed by atoms with Crippen LogP contribution in [0.3, 0.4) is 0 Å². The summed E-state index contributed by atoms with van der Waals surface area (Å²) in [5.74, 6) is 3.15. The van der Waals surface area contributed by atoms with Crippen molar-refractivity contribution in [2.45, 2.75) is 13.0 Å². The lowest BCUT2D eigenvalue weighted by Gasteiger charge is -2.18. The maximum atomic E-state index is 5.88. The van der Waals surface area contributed by atoms with Gasteiger partial charge in [-0.2, -0.15) is 0 Å². The monoisotopic (exact) mass is 317 g/mol. The third kappa shape index (κ3) is 4.71. The quantitative estimate of drug-likeness (QED) is 0.806. The Balaban J connectivity index is 1.94. The lowest BCUT2D eigenvalue weighted by Crippen LogP contribution is -2.22. The molecule has 0 spiro atoms. The van der Waals surface area contributed by atoms with Crippen LogP contribution in [0.2, 0.25) is 0 Å². The van der Waals surface area contributed by atoms with Crippen LogP contribution in [-0.4, -0.2) is 34.0 Å². The summed E-state index contributed by atoms with van der Waals surface area (Å²) in [7, 11) is 4.93. The van der Waals surface area contributed by atoms with Crippen molar-refractivity contribution in [2.75, 3.05) is 33.2 Å². The molecule has 23 heavy (non-hydrogen) atoms. The summed E-state index contributed by atoms with van der Waals surface area (Å²) in [4.78, 5) is 0. The molecular formula is C18H23NO4. The fraction of sp³-hybridized carbons (Fsp3) is 0.333. The van der Waals surface area contributed by atoms with Crippen molar-refractivity contribution in [1.82, 2.24) is 0 Å². The van der Waals surface area contributed by atoms with Crippen LogP contribution in [0.5, 0.6) is 23.0 Å². The fourth-order valence-electron chi connectivity index (χ4n) is 2.13. The molecule has 0 amide bonds. The SMILES string of the molecule is COc1ccc(OC(C)CNc2cc(OC)ccc2OC)cc1. The number of rotatable bonds is 8. The van der Waals surface area contributed by atoms with Crippen molar-refractivity contribution >= 4 is 5.69 Å². The van der Waals surface area contributed by atoms with Gasteiger partial charge < -0.3 is 24.3 Å². The molecule has 2 aromatic rings. The summed E-state index contributed by atoms with van der Waals surface area (Å²) >= 11 is 0. The Morgan fingerprint density at radius 3 is 2.04 bits per heavy atom. The topological polar surface area (TPSA) is 49.0 Å². The molecule has 124 valence electrons. The lowest BCUT2D eigenvalue weighted by molar-refractivity contribution is 0.234. The number of nitrogens with one attached hydrogen (secondary N) is 1. The zero-order valence-corrected chi connectivity index (χ0v) is 14.0. The Bertz CT molecular complexity index is 613. The van der Waals surface area contributed by atoms with Crippen LogP contribution in [0.4, 0.5) is 5.69 Å². The molecule has 1 N–H and O–H groups in total. The summed E-state index contributed by atoms with van der Waals surface area (Å²) in [6, 6.07) is 13.2. The highest BCUT2D eigenvalue weighted by molar-refractivity contribution is 5.59. The van der Waals surface area contributed by atoms with Crippen molar-refractivity contribution in [2.24, 2.45) is 0 Å². The van der Waals surface area contributed by atoms with Gasteiger partial charge in [0.25, 0.3) is 0 Å². The van der Waals surface area contributed by atoms with Crippen LogP contribution in [0.25, 0.3) is 0 Å². The highest BCUT2D eigenvalue weighted by atomic mass is 16.5. The first kappa shape index (κ1) is 16.8. The highest BCUT2D eigenvalue weighted by Gasteiger charge is 2.08. The van der Waals surface area contributed by atoms with E-state index in [-0.39, 0.29) is 6.10 Å². The van der Waals surface area contributed by atoms with Crippen LogP contribution in [0.15, 0.2) is 42.5 Å². The van der Waals surface area contributed by atoms with E-state index in [1.165, 1.54) is 0 Å². The van der Waals surface area contributed by atoms with Gasteiger partial charge in [-0.25, -0.2) is 0 Å². The molecule has 5 heteroatoms. The van der Waals surface area contributed by atoms with E-state index in [9.17, 15) is 0 Å². The Kier molecular flexibility index (Phi) is 5.97. The summed E-state index contributed by atoms with van der Waals surface area (Å²) in [6.07, 6.45) is -0.0145. The standard InChI is InChI=1S/C18H23NO4/c1-13(23-15-7-5-14(20-2)6-8-15)12-19-17-11-16(21-3)9-10-18(17)22-4/h5-11,13,19H,12H2,1-4H3. The predicted octanol–water partition coefficient (Wildman–Crippen LogP) is 3.59.